The summed E-state index contributed by atoms with van der Waals surface area (Å²) in [4.78, 5) is 29.5. The van der Waals surface area contributed by atoms with Gasteiger partial charge in [0.1, 0.15) is 28.0 Å². The standard InChI is InChI=1S/C20H11F4N3O2S2/c21-10-1-2-15(14(24)8-10)25-17(28)9-31-20-26-16-3-4-30-18(16)19(29)27(20)13-6-11(22)5-12(23)7-13/h1-8H,9H2,(H,25,28). The number of hydrogen-bond donors (Lipinski definition) is 1. The number of nitrogens with zero attached hydrogens (tertiary/aromatic N) is 2. The van der Waals surface area contributed by atoms with Crippen LogP contribution in [0, 0.1) is 23.3 Å². The van der Waals surface area contributed by atoms with Crippen molar-refractivity contribution in [1.82, 2.24) is 9.55 Å². The summed E-state index contributed by atoms with van der Waals surface area (Å²) in [5.41, 5.74) is -0.469. The number of thiophene rings is 1. The van der Waals surface area contributed by atoms with Crippen LogP contribution in [0.15, 0.2) is 57.8 Å². The van der Waals surface area contributed by atoms with E-state index in [1.165, 1.54) is 0 Å². The summed E-state index contributed by atoms with van der Waals surface area (Å²) >= 11 is 1.95. The number of carbonyl (C=O) groups is 1. The molecule has 0 bridgehead atoms. The molecule has 1 N–H and O–H groups in total. The van der Waals surface area contributed by atoms with Crippen LogP contribution >= 0.6 is 23.1 Å². The topological polar surface area (TPSA) is 64.0 Å². The van der Waals surface area contributed by atoms with E-state index in [-0.39, 0.29) is 27.0 Å². The first-order valence-electron chi connectivity index (χ1n) is 8.66. The second-order valence-corrected chi connectivity index (χ2v) is 8.12. The lowest BCUT2D eigenvalue weighted by atomic mass is 10.3. The molecule has 31 heavy (non-hydrogen) atoms. The number of rotatable bonds is 5. The molecule has 2 aromatic heterocycles. The van der Waals surface area contributed by atoms with E-state index in [9.17, 15) is 27.2 Å². The molecule has 158 valence electrons. The highest BCUT2D eigenvalue weighted by Gasteiger charge is 2.17. The zero-order valence-electron chi connectivity index (χ0n) is 15.4. The van der Waals surface area contributed by atoms with Crippen LogP contribution in [-0.4, -0.2) is 21.2 Å². The number of hydrogen-bond acceptors (Lipinski definition) is 5. The number of carbonyl (C=O) groups excluding carboxylic acids is 1. The van der Waals surface area contributed by atoms with E-state index in [1.54, 1.807) is 11.4 Å². The van der Waals surface area contributed by atoms with Crippen LogP contribution < -0.4 is 10.9 Å². The van der Waals surface area contributed by atoms with Crippen molar-refractivity contribution < 1.29 is 22.4 Å². The number of thioether (sulfide) groups is 1. The van der Waals surface area contributed by atoms with Gasteiger partial charge in [-0.1, -0.05) is 11.8 Å². The lowest BCUT2D eigenvalue weighted by molar-refractivity contribution is -0.113. The Hall–Kier alpha value is -3.18. The number of benzene rings is 2. The van der Waals surface area contributed by atoms with E-state index in [0.717, 1.165) is 51.9 Å². The van der Waals surface area contributed by atoms with Crippen LogP contribution in [0.4, 0.5) is 23.2 Å². The second-order valence-electron chi connectivity index (χ2n) is 6.26. The van der Waals surface area contributed by atoms with E-state index in [1.807, 2.05) is 0 Å². The number of halogens is 4. The molecule has 0 aliphatic rings. The summed E-state index contributed by atoms with van der Waals surface area (Å²) < 4.78 is 55.5. The van der Waals surface area contributed by atoms with E-state index >= 15 is 0 Å². The van der Waals surface area contributed by atoms with Crippen molar-refractivity contribution in [2.24, 2.45) is 0 Å². The third-order valence-corrected chi connectivity index (χ3v) is 5.92. The third kappa shape index (κ3) is 4.47. The fraction of sp³-hybridized carbons (Fsp3) is 0.0500. The fourth-order valence-corrected chi connectivity index (χ4v) is 4.36. The van der Waals surface area contributed by atoms with Crippen LogP contribution in [0.25, 0.3) is 15.9 Å². The predicted molar refractivity (Wildman–Crippen MR) is 111 cm³/mol. The third-order valence-electron chi connectivity index (χ3n) is 4.09. The van der Waals surface area contributed by atoms with Crippen molar-refractivity contribution in [2.75, 3.05) is 11.1 Å². The van der Waals surface area contributed by atoms with Crippen molar-refractivity contribution in [3.8, 4) is 5.69 Å². The van der Waals surface area contributed by atoms with Crippen molar-refractivity contribution in [2.45, 2.75) is 5.16 Å². The van der Waals surface area contributed by atoms with Gasteiger partial charge in [0.15, 0.2) is 5.16 Å². The molecular weight excluding hydrogens is 454 g/mol. The minimum Gasteiger partial charge on any atom is -0.323 e. The summed E-state index contributed by atoms with van der Waals surface area (Å²) in [6, 6.07) is 6.93. The zero-order valence-corrected chi connectivity index (χ0v) is 17.0. The van der Waals surface area contributed by atoms with Crippen molar-refractivity contribution in [3.05, 3.63) is 81.5 Å². The summed E-state index contributed by atoms with van der Waals surface area (Å²) in [6.45, 7) is 0. The van der Waals surface area contributed by atoms with E-state index in [4.69, 9.17) is 0 Å². The maximum Gasteiger partial charge on any atom is 0.276 e. The molecule has 0 radical (unpaired) electrons. The van der Waals surface area contributed by atoms with Gasteiger partial charge in [0.05, 0.1) is 22.6 Å². The molecule has 0 atom stereocenters. The van der Waals surface area contributed by atoms with Gasteiger partial charge in [-0.05, 0) is 35.7 Å². The Labute approximate surface area is 180 Å². The lowest BCUT2D eigenvalue weighted by Gasteiger charge is -2.12. The van der Waals surface area contributed by atoms with Gasteiger partial charge in [-0.25, -0.2) is 22.5 Å². The molecule has 1 amide bonds. The van der Waals surface area contributed by atoms with Crippen LogP contribution in [0.2, 0.25) is 0 Å². The average molecular weight is 465 g/mol. The van der Waals surface area contributed by atoms with Gasteiger partial charge >= 0.3 is 0 Å². The minimum atomic E-state index is -0.941. The molecule has 2 aromatic carbocycles. The van der Waals surface area contributed by atoms with Crippen molar-refractivity contribution in [1.29, 1.82) is 0 Å². The van der Waals surface area contributed by atoms with Gasteiger partial charge in [0.25, 0.3) is 5.56 Å². The van der Waals surface area contributed by atoms with Gasteiger partial charge < -0.3 is 5.32 Å². The SMILES string of the molecule is O=C(CSc1nc2ccsc2c(=O)n1-c1cc(F)cc(F)c1)Nc1ccc(F)cc1F. The molecule has 11 heteroatoms. The van der Waals surface area contributed by atoms with Crippen LogP contribution in [0.5, 0.6) is 0 Å². The van der Waals surface area contributed by atoms with Crippen molar-refractivity contribution in [3.63, 3.8) is 0 Å². The number of anilines is 1. The molecule has 0 spiro atoms. The lowest BCUT2D eigenvalue weighted by Crippen LogP contribution is -2.22. The van der Waals surface area contributed by atoms with E-state index < -0.39 is 34.7 Å². The molecule has 4 rings (SSSR count). The number of nitrogens with one attached hydrogen (secondary N) is 1. The number of fused-ring (bicyclic) bond motifs is 1. The largest absolute Gasteiger partial charge is 0.323 e. The van der Waals surface area contributed by atoms with Crippen LogP contribution in [-0.2, 0) is 4.79 Å². The highest BCUT2D eigenvalue weighted by molar-refractivity contribution is 7.99. The minimum absolute atomic E-state index is 0.0237. The van der Waals surface area contributed by atoms with Gasteiger partial charge in [-0.2, -0.15) is 0 Å². The van der Waals surface area contributed by atoms with Gasteiger partial charge in [0.2, 0.25) is 5.91 Å². The first kappa shape index (κ1) is 21.1. The van der Waals surface area contributed by atoms with Crippen LogP contribution in [0.1, 0.15) is 0 Å². The first-order chi connectivity index (χ1) is 14.8. The normalized spacial score (nSPS) is 11.1. The molecule has 0 unspecified atom stereocenters. The van der Waals surface area contributed by atoms with E-state index in [0.29, 0.717) is 17.6 Å². The Morgan fingerprint density at radius 1 is 1.03 bits per heavy atom. The van der Waals surface area contributed by atoms with Crippen LogP contribution in [0.3, 0.4) is 0 Å². The molecule has 0 saturated heterocycles. The monoisotopic (exact) mass is 465 g/mol. The Morgan fingerprint density at radius 2 is 1.77 bits per heavy atom. The molecule has 0 fully saturated rings. The maximum atomic E-state index is 13.7. The first-order valence-corrected chi connectivity index (χ1v) is 10.5. The summed E-state index contributed by atoms with van der Waals surface area (Å²) in [5.74, 6) is -4.43. The molecular formula is C20H11F4N3O2S2. The Bertz CT molecular complexity index is 1350. The Balaban J connectivity index is 1.66. The predicted octanol–water partition coefficient (Wildman–Crippen LogP) is 4.73. The summed E-state index contributed by atoms with van der Waals surface area (Å²) in [6.07, 6.45) is 0. The molecule has 2 heterocycles. The molecule has 0 aliphatic heterocycles. The molecule has 5 nitrogen and oxygen atoms in total. The van der Waals surface area contributed by atoms with E-state index in [2.05, 4.69) is 10.3 Å². The summed E-state index contributed by atoms with van der Waals surface area (Å²) in [7, 11) is 0. The van der Waals surface area contributed by atoms with Gasteiger partial charge in [-0.3, -0.25) is 14.2 Å². The summed E-state index contributed by atoms with van der Waals surface area (Å²) in [5, 5.41) is 3.97. The Kier molecular flexibility index (Phi) is 5.79. The maximum absolute atomic E-state index is 13.7. The quantitative estimate of drug-likeness (QED) is 0.263. The second kappa shape index (κ2) is 8.52. The number of aromatic nitrogens is 2. The molecule has 4 aromatic rings. The fourth-order valence-electron chi connectivity index (χ4n) is 2.79. The average Bonchev–Trinajstić information content (AvgIpc) is 3.17. The van der Waals surface area contributed by atoms with Gasteiger partial charge in [0, 0.05) is 12.1 Å². The zero-order chi connectivity index (χ0) is 22.1. The highest BCUT2D eigenvalue weighted by atomic mass is 32.2. The molecule has 0 aliphatic carbocycles. The molecule has 0 saturated carbocycles. The Morgan fingerprint density at radius 3 is 2.48 bits per heavy atom. The van der Waals surface area contributed by atoms with Crippen molar-refractivity contribution >= 4 is 44.9 Å². The smallest absolute Gasteiger partial charge is 0.276 e. The number of amides is 1. The van der Waals surface area contributed by atoms with Gasteiger partial charge in [-0.15, -0.1) is 11.3 Å². The highest BCUT2D eigenvalue weighted by Crippen LogP contribution is 2.25.